The molecule has 0 heterocycles. The molecule has 0 saturated carbocycles. The molecule has 1 N–H and O–H groups in total. The molecular formula is C15H18FNO2. The molecule has 19 heavy (non-hydrogen) atoms. The van der Waals surface area contributed by atoms with Gasteiger partial charge in [-0.3, -0.25) is 4.79 Å². The first-order valence-electron chi connectivity index (χ1n) is 6.17. The molecule has 0 fully saturated rings. The Labute approximate surface area is 113 Å². The molecule has 1 aromatic rings. The maximum atomic E-state index is 13.7. The lowest BCUT2D eigenvalue weighted by Crippen LogP contribution is -2.35. The van der Waals surface area contributed by atoms with E-state index in [-0.39, 0.29) is 24.1 Å². The normalized spacial score (nSPS) is 11.4. The number of nitrogens with zero attached hydrogens (tertiary/aromatic N) is 1. The highest BCUT2D eigenvalue weighted by Crippen LogP contribution is 2.14. The van der Waals surface area contributed by atoms with Crippen LogP contribution in [-0.4, -0.2) is 35.6 Å². The van der Waals surface area contributed by atoms with E-state index in [2.05, 4.69) is 11.8 Å². The highest BCUT2D eigenvalue weighted by Gasteiger charge is 2.19. The third-order valence-corrected chi connectivity index (χ3v) is 3.08. The molecule has 4 heteroatoms. The molecule has 1 rings (SSSR count). The van der Waals surface area contributed by atoms with Gasteiger partial charge in [0.2, 0.25) is 0 Å². The molecule has 0 saturated heterocycles. The number of benzene rings is 1. The number of carbonyl (C=O) groups excluding carboxylic acids is 1. The number of rotatable bonds is 3. The summed E-state index contributed by atoms with van der Waals surface area (Å²) in [6.45, 7) is 3.60. The molecule has 102 valence electrons. The fourth-order valence-corrected chi connectivity index (χ4v) is 1.57. The Morgan fingerprint density at radius 1 is 1.53 bits per heavy atom. The van der Waals surface area contributed by atoms with Crippen LogP contribution in [0.25, 0.3) is 0 Å². The third-order valence-electron chi connectivity index (χ3n) is 3.08. The summed E-state index contributed by atoms with van der Waals surface area (Å²) in [4.78, 5) is 13.7. The molecule has 1 amide bonds. The van der Waals surface area contributed by atoms with Crippen LogP contribution < -0.4 is 0 Å². The minimum atomic E-state index is -0.560. The van der Waals surface area contributed by atoms with Crippen molar-refractivity contribution in [2.75, 3.05) is 13.7 Å². The van der Waals surface area contributed by atoms with Gasteiger partial charge in [-0.15, -0.1) is 0 Å². The summed E-state index contributed by atoms with van der Waals surface area (Å²) in [6.07, 6.45) is 0.799. The maximum Gasteiger partial charge on any atom is 0.256 e. The number of hydrogen-bond donors (Lipinski definition) is 1. The van der Waals surface area contributed by atoms with Crippen molar-refractivity contribution in [3.05, 3.63) is 35.1 Å². The van der Waals surface area contributed by atoms with Gasteiger partial charge >= 0.3 is 0 Å². The van der Waals surface area contributed by atoms with Crippen molar-refractivity contribution in [1.82, 2.24) is 4.90 Å². The smallest absolute Gasteiger partial charge is 0.256 e. The van der Waals surface area contributed by atoms with Crippen molar-refractivity contribution in [2.45, 2.75) is 26.3 Å². The summed E-state index contributed by atoms with van der Waals surface area (Å²) in [5.74, 6) is 4.21. The zero-order valence-corrected chi connectivity index (χ0v) is 11.4. The van der Waals surface area contributed by atoms with Crippen LogP contribution >= 0.6 is 0 Å². The number of hydrogen-bond acceptors (Lipinski definition) is 2. The Hall–Kier alpha value is -1.86. The summed E-state index contributed by atoms with van der Waals surface area (Å²) < 4.78 is 13.7. The van der Waals surface area contributed by atoms with Crippen LogP contribution in [-0.2, 0) is 0 Å². The van der Waals surface area contributed by atoms with Gasteiger partial charge in [-0.2, -0.15) is 0 Å². The molecule has 0 aromatic heterocycles. The van der Waals surface area contributed by atoms with Gasteiger partial charge in [-0.25, -0.2) is 4.39 Å². The first-order chi connectivity index (χ1) is 9.01. The van der Waals surface area contributed by atoms with Gasteiger partial charge in [0, 0.05) is 18.7 Å². The van der Waals surface area contributed by atoms with E-state index in [1.807, 2.05) is 13.8 Å². The topological polar surface area (TPSA) is 40.5 Å². The minimum Gasteiger partial charge on any atom is -0.384 e. The minimum absolute atomic E-state index is 0.00698. The number of halogens is 1. The Morgan fingerprint density at radius 2 is 2.21 bits per heavy atom. The van der Waals surface area contributed by atoms with Crippen molar-refractivity contribution in [3.63, 3.8) is 0 Å². The Bertz CT molecular complexity index is 517. The van der Waals surface area contributed by atoms with E-state index in [0.717, 1.165) is 6.42 Å². The first-order valence-corrected chi connectivity index (χ1v) is 6.17. The molecule has 0 radical (unpaired) electrons. The molecule has 1 aromatic carbocycles. The van der Waals surface area contributed by atoms with E-state index in [0.29, 0.717) is 5.56 Å². The summed E-state index contributed by atoms with van der Waals surface area (Å²) in [5.41, 5.74) is 0.517. The first kappa shape index (κ1) is 15.2. The van der Waals surface area contributed by atoms with Crippen LogP contribution in [0.3, 0.4) is 0 Å². The van der Waals surface area contributed by atoms with E-state index in [1.165, 1.54) is 23.1 Å². The molecule has 0 aliphatic rings. The molecule has 0 aliphatic carbocycles. The summed E-state index contributed by atoms with van der Waals surface area (Å²) in [7, 11) is 1.65. The highest BCUT2D eigenvalue weighted by molar-refractivity contribution is 5.94. The quantitative estimate of drug-likeness (QED) is 0.848. The van der Waals surface area contributed by atoms with Crippen molar-refractivity contribution in [3.8, 4) is 11.8 Å². The fourth-order valence-electron chi connectivity index (χ4n) is 1.57. The van der Waals surface area contributed by atoms with Gasteiger partial charge in [-0.05, 0) is 31.5 Å². The van der Waals surface area contributed by atoms with Crippen LogP contribution in [0.2, 0.25) is 0 Å². The van der Waals surface area contributed by atoms with Crippen molar-refractivity contribution in [1.29, 1.82) is 0 Å². The van der Waals surface area contributed by atoms with Gasteiger partial charge in [0.1, 0.15) is 12.4 Å². The van der Waals surface area contributed by atoms with Crippen LogP contribution in [0, 0.1) is 17.7 Å². The van der Waals surface area contributed by atoms with Crippen LogP contribution in [0.15, 0.2) is 18.2 Å². The highest BCUT2D eigenvalue weighted by atomic mass is 19.1. The second-order valence-electron chi connectivity index (χ2n) is 4.33. The SMILES string of the molecule is CCC(C)N(C)C(=O)c1cc(C#CCO)ccc1F. The van der Waals surface area contributed by atoms with Crippen LogP contribution in [0.4, 0.5) is 4.39 Å². The summed E-state index contributed by atoms with van der Waals surface area (Å²) in [6, 6.07) is 4.16. The molecule has 0 aliphatic heterocycles. The molecule has 0 bridgehead atoms. The van der Waals surface area contributed by atoms with Gasteiger partial charge in [-0.1, -0.05) is 18.8 Å². The summed E-state index contributed by atoms with van der Waals surface area (Å²) >= 11 is 0. The van der Waals surface area contributed by atoms with Crippen LogP contribution in [0.1, 0.15) is 36.2 Å². The Kier molecular flexibility index (Phi) is 5.53. The van der Waals surface area contributed by atoms with E-state index in [1.54, 1.807) is 7.05 Å². The third kappa shape index (κ3) is 3.80. The monoisotopic (exact) mass is 263 g/mol. The summed E-state index contributed by atoms with van der Waals surface area (Å²) in [5, 5.41) is 8.63. The lowest BCUT2D eigenvalue weighted by Gasteiger charge is -2.24. The largest absolute Gasteiger partial charge is 0.384 e. The van der Waals surface area contributed by atoms with Gasteiger partial charge in [0.25, 0.3) is 5.91 Å². The van der Waals surface area contributed by atoms with Gasteiger partial charge in [0.05, 0.1) is 5.56 Å². The average Bonchev–Trinajstić information content (AvgIpc) is 2.43. The lowest BCUT2D eigenvalue weighted by molar-refractivity contribution is 0.0736. The standard InChI is InChI=1S/C15H18FNO2/c1-4-11(2)17(3)15(19)13-10-12(6-5-9-18)7-8-14(13)16/h7-8,10-11,18H,4,9H2,1-3H3. The predicted molar refractivity (Wildman–Crippen MR) is 72.2 cm³/mol. The molecule has 0 spiro atoms. The second-order valence-corrected chi connectivity index (χ2v) is 4.33. The van der Waals surface area contributed by atoms with E-state index in [9.17, 15) is 9.18 Å². The molecule has 1 unspecified atom stereocenters. The van der Waals surface area contributed by atoms with Gasteiger partial charge in [0.15, 0.2) is 0 Å². The molecular weight excluding hydrogens is 245 g/mol. The second kappa shape index (κ2) is 6.91. The zero-order valence-electron chi connectivity index (χ0n) is 11.4. The number of carbonyl (C=O) groups is 1. The van der Waals surface area contributed by atoms with E-state index >= 15 is 0 Å². The van der Waals surface area contributed by atoms with Crippen molar-refractivity contribution >= 4 is 5.91 Å². The number of amides is 1. The Balaban J connectivity index is 3.08. The predicted octanol–water partition coefficient (Wildman–Crippen LogP) is 2.04. The van der Waals surface area contributed by atoms with E-state index < -0.39 is 5.82 Å². The van der Waals surface area contributed by atoms with Gasteiger partial charge < -0.3 is 10.0 Å². The van der Waals surface area contributed by atoms with Crippen LogP contribution in [0.5, 0.6) is 0 Å². The lowest BCUT2D eigenvalue weighted by atomic mass is 10.1. The van der Waals surface area contributed by atoms with Crippen molar-refractivity contribution in [2.24, 2.45) is 0 Å². The number of aliphatic hydroxyl groups excluding tert-OH is 1. The Morgan fingerprint density at radius 3 is 2.79 bits per heavy atom. The molecule has 3 nitrogen and oxygen atoms in total. The molecule has 1 atom stereocenters. The number of aliphatic hydroxyl groups is 1. The van der Waals surface area contributed by atoms with Crippen molar-refractivity contribution < 1.29 is 14.3 Å². The van der Waals surface area contributed by atoms with E-state index in [4.69, 9.17) is 5.11 Å². The fraction of sp³-hybridized carbons (Fsp3) is 0.400. The zero-order chi connectivity index (χ0) is 14.4. The maximum absolute atomic E-state index is 13.7. The average molecular weight is 263 g/mol.